The normalized spacial score (nSPS) is 15.8. The van der Waals surface area contributed by atoms with E-state index < -0.39 is 10.0 Å². The van der Waals surface area contributed by atoms with Crippen molar-refractivity contribution in [2.24, 2.45) is 0 Å². The first kappa shape index (κ1) is 18.2. The predicted molar refractivity (Wildman–Crippen MR) is 96.6 cm³/mol. The van der Waals surface area contributed by atoms with Crippen LogP contribution in [0.15, 0.2) is 41.3 Å². The van der Waals surface area contributed by atoms with Crippen LogP contribution >= 0.6 is 0 Å². The van der Waals surface area contributed by atoms with E-state index in [0.29, 0.717) is 23.5 Å². The maximum absolute atomic E-state index is 12.5. The molecule has 2 aromatic carbocycles. The largest absolute Gasteiger partial charge is 0.494 e. The van der Waals surface area contributed by atoms with Gasteiger partial charge in [-0.15, -0.1) is 0 Å². The molecule has 3 rings (SSSR count). The molecule has 0 saturated heterocycles. The minimum absolute atomic E-state index is 0.0561. The lowest BCUT2D eigenvalue weighted by Gasteiger charge is -2.13. The Labute approximate surface area is 153 Å². The number of benzene rings is 2. The van der Waals surface area contributed by atoms with E-state index in [9.17, 15) is 8.42 Å². The van der Waals surface area contributed by atoms with Crippen LogP contribution in [-0.4, -0.2) is 21.1 Å². The van der Waals surface area contributed by atoms with Gasteiger partial charge in [-0.25, -0.2) is 13.1 Å². The van der Waals surface area contributed by atoms with Crippen LogP contribution in [0.3, 0.4) is 0 Å². The Hall–Kier alpha value is -2.56. The van der Waals surface area contributed by atoms with Gasteiger partial charge in [-0.1, -0.05) is 6.07 Å². The number of hydrogen-bond acceptors (Lipinski definition) is 5. The van der Waals surface area contributed by atoms with Crippen molar-refractivity contribution in [1.29, 1.82) is 5.26 Å². The molecule has 2 aromatic rings. The van der Waals surface area contributed by atoms with Crippen LogP contribution in [0.25, 0.3) is 0 Å². The van der Waals surface area contributed by atoms with Crippen molar-refractivity contribution in [2.45, 2.75) is 37.8 Å². The molecule has 0 aliphatic carbocycles. The van der Waals surface area contributed by atoms with Gasteiger partial charge in [0.2, 0.25) is 10.0 Å². The fourth-order valence-electron chi connectivity index (χ4n) is 2.90. The van der Waals surface area contributed by atoms with Crippen molar-refractivity contribution in [3.05, 3.63) is 53.1 Å². The van der Waals surface area contributed by atoms with Crippen LogP contribution in [0.5, 0.6) is 11.5 Å². The van der Waals surface area contributed by atoms with Gasteiger partial charge in [-0.2, -0.15) is 5.26 Å². The highest BCUT2D eigenvalue weighted by Crippen LogP contribution is 2.35. The molecule has 1 heterocycles. The molecule has 1 aliphatic heterocycles. The minimum Gasteiger partial charge on any atom is -0.494 e. The fraction of sp³-hybridized carbons (Fsp3) is 0.316. The van der Waals surface area contributed by atoms with Crippen molar-refractivity contribution in [2.75, 3.05) is 6.61 Å². The molecule has 0 spiro atoms. The summed E-state index contributed by atoms with van der Waals surface area (Å²) in [6, 6.07) is 11.6. The molecule has 0 unspecified atom stereocenters. The second kappa shape index (κ2) is 7.36. The van der Waals surface area contributed by atoms with Gasteiger partial charge in [0, 0.05) is 24.1 Å². The molecule has 0 fully saturated rings. The molecule has 6 nitrogen and oxygen atoms in total. The Balaban J connectivity index is 1.84. The zero-order chi connectivity index (χ0) is 18.7. The average molecular weight is 372 g/mol. The molecule has 0 bridgehead atoms. The summed E-state index contributed by atoms with van der Waals surface area (Å²) in [5.74, 6) is 1.42. The Kier molecular flexibility index (Phi) is 5.16. The van der Waals surface area contributed by atoms with Gasteiger partial charge < -0.3 is 9.47 Å². The van der Waals surface area contributed by atoms with Crippen molar-refractivity contribution in [3.63, 3.8) is 0 Å². The zero-order valence-electron chi connectivity index (χ0n) is 14.7. The molecule has 0 saturated carbocycles. The molecule has 0 aromatic heterocycles. The summed E-state index contributed by atoms with van der Waals surface area (Å²) in [6.07, 6.45) is 0.905. The molecule has 7 heteroatoms. The van der Waals surface area contributed by atoms with Gasteiger partial charge in [-0.05, 0) is 44.2 Å². The zero-order valence-corrected chi connectivity index (χ0v) is 15.5. The molecule has 0 amide bonds. The maximum atomic E-state index is 12.5. The highest BCUT2D eigenvalue weighted by Gasteiger charge is 2.23. The summed E-state index contributed by atoms with van der Waals surface area (Å²) < 4.78 is 39.1. The second-order valence-electron chi connectivity index (χ2n) is 6.10. The summed E-state index contributed by atoms with van der Waals surface area (Å²) in [5.41, 5.74) is 2.07. The number of nitrogens with zero attached hydrogens (tertiary/aromatic N) is 1. The molecule has 136 valence electrons. The maximum Gasteiger partial charge on any atom is 0.240 e. The van der Waals surface area contributed by atoms with E-state index in [4.69, 9.17) is 14.7 Å². The molecule has 26 heavy (non-hydrogen) atoms. The van der Waals surface area contributed by atoms with E-state index in [0.717, 1.165) is 17.7 Å². The summed E-state index contributed by atoms with van der Waals surface area (Å²) in [4.78, 5) is 0.0561. The smallest absolute Gasteiger partial charge is 0.240 e. The van der Waals surface area contributed by atoms with Crippen molar-refractivity contribution >= 4 is 10.0 Å². The number of rotatable bonds is 6. The molecule has 1 N–H and O–H groups in total. The average Bonchev–Trinajstić information content (AvgIpc) is 2.99. The molecule has 1 atom stereocenters. The Bertz CT molecular complexity index is 964. The summed E-state index contributed by atoms with van der Waals surface area (Å²) in [7, 11) is -3.75. The van der Waals surface area contributed by atoms with E-state index in [-0.39, 0.29) is 17.5 Å². The first-order valence-electron chi connectivity index (χ1n) is 8.38. The number of hydrogen-bond donors (Lipinski definition) is 1. The number of nitriles is 1. The van der Waals surface area contributed by atoms with Gasteiger partial charge >= 0.3 is 0 Å². The van der Waals surface area contributed by atoms with Crippen LogP contribution in [-0.2, 0) is 23.0 Å². The second-order valence-corrected chi connectivity index (χ2v) is 7.86. The number of nitrogens with one attached hydrogen (secondary N) is 1. The molecule has 0 radical (unpaired) electrons. The quantitative estimate of drug-likeness (QED) is 0.842. The Morgan fingerprint density at radius 3 is 2.88 bits per heavy atom. The topological polar surface area (TPSA) is 88.4 Å². The first-order valence-corrected chi connectivity index (χ1v) is 9.86. The van der Waals surface area contributed by atoms with Crippen molar-refractivity contribution < 1.29 is 17.9 Å². The third kappa shape index (κ3) is 3.82. The van der Waals surface area contributed by atoms with E-state index in [1.165, 1.54) is 12.1 Å². The van der Waals surface area contributed by atoms with Gasteiger partial charge in [0.05, 0.1) is 23.1 Å². The highest BCUT2D eigenvalue weighted by molar-refractivity contribution is 7.89. The number of ether oxygens (including phenoxy) is 2. The third-order valence-electron chi connectivity index (χ3n) is 4.11. The van der Waals surface area contributed by atoms with Crippen molar-refractivity contribution in [3.8, 4) is 17.6 Å². The molecular formula is C19H20N2O4S. The summed E-state index contributed by atoms with van der Waals surface area (Å²) in [5, 5.41) is 8.95. The standard InChI is InChI=1S/C19H20N2O4S/c1-3-24-18-9-15-7-13(2)25-19(15)10-16(18)12-21-26(22,23)17-6-4-5-14(8-17)11-20/h4-6,8-10,13,21H,3,7,12H2,1-2H3/t13-/m0/s1. The summed E-state index contributed by atoms with van der Waals surface area (Å²) in [6.45, 7) is 4.43. The predicted octanol–water partition coefficient (Wildman–Crippen LogP) is 2.76. The minimum atomic E-state index is -3.75. The third-order valence-corrected chi connectivity index (χ3v) is 5.50. The van der Waals surface area contributed by atoms with E-state index in [2.05, 4.69) is 4.72 Å². The number of sulfonamides is 1. The van der Waals surface area contributed by atoms with E-state index in [1.807, 2.05) is 32.0 Å². The van der Waals surface area contributed by atoms with Crippen molar-refractivity contribution in [1.82, 2.24) is 4.72 Å². The Morgan fingerprint density at radius 2 is 2.15 bits per heavy atom. The van der Waals surface area contributed by atoms with Crippen LogP contribution in [0.2, 0.25) is 0 Å². The van der Waals surface area contributed by atoms with E-state index >= 15 is 0 Å². The lowest BCUT2D eigenvalue weighted by Crippen LogP contribution is -2.23. The van der Waals surface area contributed by atoms with Gasteiger partial charge in [0.15, 0.2) is 0 Å². The highest BCUT2D eigenvalue weighted by atomic mass is 32.2. The first-order chi connectivity index (χ1) is 12.4. The molecular weight excluding hydrogens is 352 g/mol. The lowest BCUT2D eigenvalue weighted by atomic mass is 10.1. The van der Waals surface area contributed by atoms with Gasteiger partial charge in [0.1, 0.15) is 17.6 Å². The monoisotopic (exact) mass is 372 g/mol. The van der Waals surface area contributed by atoms with Crippen LogP contribution in [0.4, 0.5) is 0 Å². The molecule has 1 aliphatic rings. The summed E-state index contributed by atoms with van der Waals surface area (Å²) >= 11 is 0. The van der Waals surface area contributed by atoms with Crippen LogP contribution in [0, 0.1) is 11.3 Å². The van der Waals surface area contributed by atoms with Crippen LogP contribution in [0.1, 0.15) is 30.5 Å². The lowest BCUT2D eigenvalue weighted by molar-refractivity contribution is 0.254. The fourth-order valence-corrected chi connectivity index (χ4v) is 3.95. The van der Waals surface area contributed by atoms with E-state index in [1.54, 1.807) is 12.1 Å². The van der Waals surface area contributed by atoms with Crippen LogP contribution < -0.4 is 14.2 Å². The SMILES string of the molecule is CCOc1cc2c(cc1CNS(=O)(=O)c1cccc(C#N)c1)O[C@@H](C)C2. The van der Waals surface area contributed by atoms with Gasteiger partial charge in [-0.3, -0.25) is 0 Å². The Morgan fingerprint density at radius 1 is 1.35 bits per heavy atom. The van der Waals surface area contributed by atoms with Gasteiger partial charge in [0.25, 0.3) is 0 Å². The number of fused-ring (bicyclic) bond motifs is 1.